The molecule has 3 atom stereocenters. The summed E-state index contributed by atoms with van der Waals surface area (Å²) in [5.41, 5.74) is 5.36. The van der Waals surface area contributed by atoms with Gasteiger partial charge in [0, 0.05) is 13.0 Å². The van der Waals surface area contributed by atoms with E-state index >= 15 is 0 Å². The van der Waals surface area contributed by atoms with E-state index in [1.165, 1.54) is 103 Å². The van der Waals surface area contributed by atoms with Crippen LogP contribution in [0.2, 0.25) is 0 Å². The van der Waals surface area contributed by atoms with E-state index in [1.54, 1.807) is 6.08 Å². The van der Waals surface area contributed by atoms with E-state index in [-0.39, 0.29) is 25.7 Å². The lowest BCUT2D eigenvalue weighted by atomic mass is 10.1. The lowest BCUT2D eigenvalue weighted by molar-refractivity contribution is -0.123. The maximum absolute atomic E-state index is 12.7. The van der Waals surface area contributed by atoms with Crippen molar-refractivity contribution in [2.45, 2.75) is 187 Å². The van der Waals surface area contributed by atoms with Crippen LogP contribution in [0.25, 0.3) is 0 Å². The van der Waals surface area contributed by atoms with Crippen molar-refractivity contribution in [2.24, 2.45) is 5.73 Å². The summed E-state index contributed by atoms with van der Waals surface area (Å²) >= 11 is 0. The minimum atomic E-state index is -4.35. The molecule has 292 valence electrons. The van der Waals surface area contributed by atoms with E-state index in [0.717, 1.165) is 51.4 Å². The number of hydrogen-bond donors (Lipinski definition) is 4. The molecule has 0 bridgehead atoms. The Balaban J connectivity index is 4.34. The van der Waals surface area contributed by atoms with Crippen molar-refractivity contribution in [1.82, 2.24) is 5.32 Å². The van der Waals surface area contributed by atoms with E-state index in [1.807, 2.05) is 6.08 Å². The highest BCUT2D eigenvalue weighted by Crippen LogP contribution is 2.43. The molecule has 5 N–H and O–H groups in total. The maximum atomic E-state index is 12.7. The third-order valence-electron chi connectivity index (χ3n) is 8.60. The molecule has 0 aromatic carbocycles. The van der Waals surface area contributed by atoms with Gasteiger partial charge in [0.15, 0.2) is 0 Å². The molecule has 0 fully saturated rings. The summed E-state index contributed by atoms with van der Waals surface area (Å²) in [7, 11) is -4.35. The van der Waals surface area contributed by atoms with Crippen LogP contribution in [-0.4, -0.2) is 47.8 Å². The molecule has 0 spiro atoms. The van der Waals surface area contributed by atoms with Gasteiger partial charge in [0.1, 0.15) is 0 Å². The Morgan fingerprint density at radius 3 is 1.56 bits per heavy atom. The van der Waals surface area contributed by atoms with Gasteiger partial charge in [-0.1, -0.05) is 146 Å². The Labute approximate surface area is 307 Å². The van der Waals surface area contributed by atoms with Crippen LogP contribution in [0.4, 0.5) is 0 Å². The zero-order valence-corrected chi connectivity index (χ0v) is 33.0. The molecule has 9 heteroatoms. The molecular weight excluding hydrogens is 647 g/mol. The van der Waals surface area contributed by atoms with Crippen molar-refractivity contribution in [2.75, 3.05) is 19.8 Å². The second kappa shape index (κ2) is 37.2. The SMILES string of the molecule is CCCCCC/C=C/CC/C=C/CC/C=C/C(O)C(COP(=O)(O)OCCN)NC(=O)CCCCCCCCC/C=C\CCCCCCCC. The van der Waals surface area contributed by atoms with Gasteiger partial charge in [0.2, 0.25) is 5.91 Å². The molecule has 3 unspecified atom stereocenters. The highest BCUT2D eigenvalue weighted by molar-refractivity contribution is 7.47. The minimum Gasteiger partial charge on any atom is -0.387 e. The van der Waals surface area contributed by atoms with Gasteiger partial charge in [0.05, 0.1) is 25.4 Å². The normalized spacial score (nSPS) is 14.7. The number of amides is 1. The van der Waals surface area contributed by atoms with Gasteiger partial charge in [-0.15, -0.1) is 0 Å². The molecule has 0 aliphatic heterocycles. The average molecular weight is 725 g/mol. The first kappa shape index (κ1) is 48.5. The smallest absolute Gasteiger partial charge is 0.387 e. The Morgan fingerprint density at radius 1 is 0.640 bits per heavy atom. The minimum absolute atomic E-state index is 0.0699. The number of carbonyl (C=O) groups is 1. The van der Waals surface area contributed by atoms with E-state index in [9.17, 15) is 19.4 Å². The number of nitrogens with one attached hydrogen (secondary N) is 1. The Kier molecular flexibility index (Phi) is 36.1. The van der Waals surface area contributed by atoms with E-state index in [2.05, 4.69) is 55.6 Å². The first-order valence-electron chi connectivity index (χ1n) is 20.3. The summed E-state index contributed by atoms with van der Waals surface area (Å²) in [5, 5.41) is 13.6. The van der Waals surface area contributed by atoms with Crippen LogP contribution >= 0.6 is 7.82 Å². The van der Waals surface area contributed by atoms with Gasteiger partial charge in [-0.05, 0) is 70.6 Å². The van der Waals surface area contributed by atoms with Gasteiger partial charge in [-0.2, -0.15) is 0 Å². The first-order chi connectivity index (χ1) is 24.4. The quantitative estimate of drug-likeness (QED) is 0.0285. The van der Waals surface area contributed by atoms with E-state index in [4.69, 9.17) is 14.8 Å². The number of allylic oxidation sites excluding steroid dienone is 7. The van der Waals surface area contributed by atoms with Gasteiger partial charge in [-0.3, -0.25) is 13.8 Å². The van der Waals surface area contributed by atoms with Gasteiger partial charge < -0.3 is 21.1 Å². The predicted octanol–water partition coefficient (Wildman–Crippen LogP) is 10.9. The standard InChI is InChI=1S/C41H77N2O6P/c1-3-5-7-9-11-13-15-17-19-20-21-23-25-27-29-31-33-35-41(45)43-39(38-49-50(46,47)48-37-36-42)40(44)34-32-30-28-26-24-22-18-16-14-12-10-8-6-4-2/h14,16-17,19,24,26,32,34,39-40,44H,3-13,15,18,20-23,25,27-31,33,35-38,42H2,1-2H3,(H,43,45)(H,46,47)/b16-14+,19-17-,26-24+,34-32+. The fraction of sp³-hybridized carbons (Fsp3) is 0.780. The highest BCUT2D eigenvalue weighted by Gasteiger charge is 2.26. The van der Waals surface area contributed by atoms with Gasteiger partial charge >= 0.3 is 7.82 Å². The molecule has 0 saturated carbocycles. The monoisotopic (exact) mass is 725 g/mol. The molecule has 8 nitrogen and oxygen atoms in total. The molecular formula is C41H77N2O6P. The van der Waals surface area contributed by atoms with Crippen molar-refractivity contribution < 1.29 is 28.4 Å². The molecule has 0 radical (unpaired) electrons. The predicted molar refractivity (Wildman–Crippen MR) is 212 cm³/mol. The molecule has 50 heavy (non-hydrogen) atoms. The summed E-state index contributed by atoms with van der Waals surface area (Å²) in [5.74, 6) is -0.215. The van der Waals surface area contributed by atoms with Crippen molar-refractivity contribution in [3.63, 3.8) is 0 Å². The second-order valence-electron chi connectivity index (χ2n) is 13.5. The van der Waals surface area contributed by atoms with Crippen molar-refractivity contribution in [3.05, 3.63) is 48.6 Å². The third kappa shape index (κ3) is 34.9. The van der Waals surface area contributed by atoms with Gasteiger partial charge in [-0.25, -0.2) is 4.57 Å². The number of nitrogens with two attached hydrogens (primary N) is 1. The summed E-state index contributed by atoms with van der Waals surface area (Å²) in [6.07, 6.45) is 44.4. The van der Waals surface area contributed by atoms with Crippen LogP contribution in [-0.2, 0) is 18.4 Å². The van der Waals surface area contributed by atoms with E-state index < -0.39 is 20.0 Å². The number of hydrogen-bond acceptors (Lipinski definition) is 6. The largest absolute Gasteiger partial charge is 0.472 e. The number of unbranched alkanes of at least 4 members (excludes halogenated alkanes) is 19. The number of aliphatic hydroxyl groups excluding tert-OH is 1. The molecule has 0 aromatic rings. The van der Waals surface area contributed by atoms with Crippen LogP contribution in [0.3, 0.4) is 0 Å². The molecule has 0 saturated heterocycles. The molecule has 0 aromatic heterocycles. The first-order valence-corrected chi connectivity index (χ1v) is 21.8. The summed E-state index contributed by atoms with van der Waals surface area (Å²) in [6.45, 7) is 4.06. The topological polar surface area (TPSA) is 131 Å². The molecule has 0 aliphatic carbocycles. The Morgan fingerprint density at radius 2 is 1.06 bits per heavy atom. The number of aliphatic hydroxyl groups is 1. The molecule has 0 rings (SSSR count). The van der Waals surface area contributed by atoms with Crippen molar-refractivity contribution in [3.8, 4) is 0 Å². The van der Waals surface area contributed by atoms with Crippen LogP contribution in [0.15, 0.2) is 48.6 Å². The van der Waals surface area contributed by atoms with Crippen LogP contribution < -0.4 is 11.1 Å². The zero-order valence-electron chi connectivity index (χ0n) is 32.1. The Bertz CT molecular complexity index is 923. The Hall–Kier alpha value is -1.54. The number of carbonyl (C=O) groups excluding carboxylic acids is 1. The summed E-state index contributed by atoms with van der Waals surface area (Å²) in [6, 6.07) is -0.884. The molecule has 0 aliphatic rings. The van der Waals surface area contributed by atoms with Crippen LogP contribution in [0.1, 0.15) is 174 Å². The van der Waals surface area contributed by atoms with Crippen LogP contribution in [0.5, 0.6) is 0 Å². The number of phosphoric acid groups is 1. The van der Waals surface area contributed by atoms with Gasteiger partial charge in [0.25, 0.3) is 0 Å². The van der Waals surface area contributed by atoms with Crippen molar-refractivity contribution >= 4 is 13.7 Å². The third-order valence-corrected chi connectivity index (χ3v) is 9.59. The second-order valence-corrected chi connectivity index (χ2v) is 14.9. The fourth-order valence-electron chi connectivity index (χ4n) is 5.51. The highest BCUT2D eigenvalue weighted by atomic mass is 31.2. The lowest BCUT2D eigenvalue weighted by Crippen LogP contribution is -2.45. The maximum Gasteiger partial charge on any atom is 0.472 e. The van der Waals surface area contributed by atoms with Crippen LogP contribution in [0, 0.1) is 0 Å². The molecule has 0 heterocycles. The van der Waals surface area contributed by atoms with Crippen molar-refractivity contribution in [1.29, 1.82) is 0 Å². The fourth-order valence-corrected chi connectivity index (χ4v) is 6.27. The number of rotatable bonds is 37. The lowest BCUT2D eigenvalue weighted by Gasteiger charge is -2.23. The molecule has 1 amide bonds. The number of phosphoric ester groups is 1. The summed E-state index contributed by atoms with van der Waals surface area (Å²) < 4.78 is 22.0. The average Bonchev–Trinajstić information content (AvgIpc) is 3.10. The zero-order chi connectivity index (χ0) is 36.8. The van der Waals surface area contributed by atoms with E-state index in [0.29, 0.717) is 6.42 Å². The summed E-state index contributed by atoms with van der Waals surface area (Å²) in [4.78, 5) is 22.6.